The molecule has 0 saturated heterocycles. The Morgan fingerprint density at radius 1 is 1.22 bits per heavy atom. The minimum Gasteiger partial charge on any atom is -0.459 e. The predicted octanol–water partition coefficient (Wildman–Crippen LogP) is 3.67. The van der Waals surface area contributed by atoms with Gasteiger partial charge in [0.15, 0.2) is 5.82 Å². The summed E-state index contributed by atoms with van der Waals surface area (Å²) in [5, 5.41) is 9.86. The lowest BCUT2D eigenvalue weighted by Crippen LogP contribution is -2.30. The molecule has 0 aliphatic carbocycles. The summed E-state index contributed by atoms with van der Waals surface area (Å²) in [5.74, 6) is 1.45. The van der Waals surface area contributed by atoms with Crippen LogP contribution >= 0.6 is 11.8 Å². The zero-order valence-corrected chi connectivity index (χ0v) is 16.1. The highest BCUT2D eigenvalue weighted by Crippen LogP contribution is 2.23. The maximum atomic E-state index is 12.2. The summed E-state index contributed by atoms with van der Waals surface area (Å²) in [7, 11) is 0. The van der Waals surface area contributed by atoms with Crippen LogP contribution < -0.4 is 10.6 Å². The molecule has 2 aromatic heterocycles. The number of thioether (sulfide) groups is 1. The van der Waals surface area contributed by atoms with Gasteiger partial charge in [-0.05, 0) is 32.9 Å². The quantitative estimate of drug-likeness (QED) is 0.642. The van der Waals surface area contributed by atoms with Crippen LogP contribution in [0.3, 0.4) is 0 Å². The van der Waals surface area contributed by atoms with Crippen molar-refractivity contribution in [2.45, 2.75) is 32.1 Å². The summed E-state index contributed by atoms with van der Waals surface area (Å²) in [4.78, 5) is 24.3. The van der Waals surface area contributed by atoms with Gasteiger partial charge in [-0.1, -0.05) is 23.4 Å². The molecule has 142 valence electrons. The third-order valence-corrected chi connectivity index (χ3v) is 5.10. The van der Waals surface area contributed by atoms with Crippen LogP contribution in [0.2, 0.25) is 0 Å². The third-order valence-electron chi connectivity index (χ3n) is 3.96. The van der Waals surface area contributed by atoms with Gasteiger partial charge in [0.1, 0.15) is 17.1 Å². The largest absolute Gasteiger partial charge is 0.459 e. The Kier molecular flexibility index (Phi) is 5.85. The van der Waals surface area contributed by atoms with Gasteiger partial charge in [-0.3, -0.25) is 9.59 Å². The van der Waals surface area contributed by atoms with Crippen LogP contribution in [0.15, 0.2) is 45.3 Å². The number of hydrogen-bond donors (Lipinski definition) is 2. The van der Waals surface area contributed by atoms with Crippen LogP contribution in [-0.2, 0) is 9.59 Å². The summed E-state index contributed by atoms with van der Waals surface area (Å²) in [6.45, 7) is 5.35. The lowest BCUT2D eigenvalue weighted by Gasteiger charge is -2.13. The number of nitrogens with one attached hydrogen (secondary N) is 2. The molecule has 3 aromatic rings. The summed E-state index contributed by atoms with van der Waals surface area (Å²) < 4.78 is 10.7. The maximum absolute atomic E-state index is 12.2. The van der Waals surface area contributed by atoms with E-state index in [-0.39, 0.29) is 23.6 Å². The third kappa shape index (κ3) is 4.91. The second-order valence-corrected chi connectivity index (χ2v) is 7.57. The van der Waals surface area contributed by atoms with Crippen molar-refractivity contribution in [3.05, 3.63) is 47.9 Å². The van der Waals surface area contributed by atoms with Crippen molar-refractivity contribution >= 4 is 40.4 Å². The molecule has 8 heteroatoms. The summed E-state index contributed by atoms with van der Waals surface area (Å²) in [6.07, 6.45) is 0. The number of carbonyl (C=O) groups is 2. The molecule has 2 N–H and O–H groups in total. The highest BCUT2D eigenvalue weighted by Gasteiger charge is 2.19. The average molecular weight is 387 g/mol. The van der Waals surface area contributed by atoms with E-state index < -0.39 is 5.25 Å². The Bertz CT molecular complexity index is 916. The molecule has 2 amide bonds. The first-order valence-electron chi connectivity index (χ1n) is 8.56. The molecule has 27 heavy (non-hydrogen) atoms. The average Bonchev–Trinajstić information content (AvgIpc) is 3.25. The fourth-order valence-corrected chi connectivity index (χ4v) is 3.19. The number of rotatable bonds is 7. The summed E-state index contributed by atoms with van der Waals surface area (Å²) in [5.41, 5.74) is 0.788. The van der Waals surface area contributed by atoms with Crippen LogP contribution in [0.1, 0.15) is 31.4 Å². The fraction of sp³-hybridized carbons (Fsp3) is 0.316. The van der Waals surface area contributed by atoms with Crippen molar-refractivity contribution in [2.24, 2.45) is 0 Å². The SMILES string of the molecule is Cc1cc(NC(=O)[C@H](C)SCC(=O)N[C@@H](C)c2cc3ccccc3o2)no1. The van der Waals surface area contributed by atoms with Crippen molar-refractivity contribution in [1.29, 1.82) is 0 Å². The van der Waals surface area contributed by atoms with Crippen molar-refractivity contribution in [3.63, 3.8) is 0 Å². The zero-order chi connectivity index (χ0) is 19.4. The van der Waals surface area contributed by atoms with E-state index in [1.807, 2.05) is 37.3 Å². The van der Waals surface area contributed by atoms with Crippen LogP contribution in [0.25, 0.3) is 11.0 Å². The Hall–Kier alpha value is -2.74. The topological polar surface area (TPSA) is 97.4 Å². The number of furan rings is 1. The van der Waals surface area contributed by atoms with Crippen molar-refractivity contribution in [1.82, 2.24) is 10.5 Å². The normalized spacial score (nSPS) is 13.3. The molecule has 0 aliphatic heterocycles. The number of aromatic nitrogens is 1. The van der Waals surface area contributed by atoms with E-state index in [1.165, 1.54) is 11.8 Å². The van der Waals surface area contributed by atoms with Crippen molar-refractivity contribution < 1.29 is 18.5 Å². The number of fused-ring (bicyclic) bond motifs is 1. The maximum Gasteiger partial charge on any atom is 0.238 e. The van der Waals surface area contributed by atoms with E-state index in [0.29, 0.717) is 17.3 Å². The summed E-state index contributed by atoms with van der Waals surface area (Å²) >= 11 is 1.25. The number of hydrogen-bond acceptors (Lipinski definition) is 6. The lowest BCUT2D eigenvalue weighted by atomic mass is 10.2. The number of aryl methyl sites for hydroxylation is 1. The van der Waals surface area contributed by atoms with Gasteiger partial charge in [-0.25, -0.2) is 0 Å². The number of benzene rings is 1. The number of anilines is 1. The molecule has 0 radical (unpaired) electrons. The van der Waals surface area contributed by atoms with Gasteiger partial charge in [0.05, 0.1) is 17.0 Å². The van der Waals surface area contributed by atoms with Gasteiger partial charge < -0.3 is 19.6 Å². The molecule has 0 bridgehead atoms. The highest BCUT2D eigenvalue weighted by molar-refractivity contribution is 8.01. The molecular weight excluding hydrogens is 366 g/mol. The van der Waals surface area contributed by atoms with E-state index in [2.05, 4.69) is 15.8 Å². The second-order valence-electron chi connectivity index (χ2n) is 6.24. The first-order chi connectivity index (χ1) is 12.9. The second kappa shape index (κ2) is 8.30. The van der Waals surface area contributed by atoms with E-state index in [4.69, 9.17) is 8.94 Å². The Labute approximate surface area is 160 Å². The van der Waals surface area contributed by atoms with Gasteiger partial charge in [-0.15, -0.1) is 11.8 Å². The number of para-hydroxylation sites is 1. The standard InChI is InChI=1S/C19H21N3O4S/c1-11-8-17(22-26-11)21-19(24)13(3)27-10-18(23)20-12(2)16-9-14-6-4-5-7-15(14)25-16/h4-9,12-13H,10H2,1-3H3,(H,20,23)(H,21,22,24)/t12-,13-/m0/s1. The molecule has 3 rings (SSSR count). The van der Waals surface area contributed by atoms with Gasteiger partial charge in [0, 0.05) is 11.5 Å². The van der Waals surface area contributed by atoms with Gasteiger partial charge >= 0.3 is 0 Å². The van der Waals surface area contributed by atoms with Crippen LogP contribution in [-0.4, -0.2) is 28.0 Å². The Morgan fingerprint density at radius 2 is 2.00 bits per heavy atom. The van der Waals surface area contributed by atoms with E-state index >= 15 is 0 Å². The molecule has 2 atom stereocenters. The molecular formula is C19H21N3O4S. The summed E-state index contributed by atoms with van der Waals surface area (Å²) in [6, 6.07) is 11.0. The first kappa shape index (κ1) is 19.0. The molecule has 0 fully saturated rings. The molecule has 2 heterocycles. The molecule has 0 aliphatic rings. The van der Waals surface area contributed by atoms with Crippen LogP contribution in [0.5, 0.6) is 0 Å². The van der Waals surface area contributed by atoms with Crippen molar-refractivity contribution in [3.8, 4) is 0 Å². The molecule has 1 aromatic carbocycles. The highest BCUT2D eigenvalue weighted by atomic mass is 32.2. The predicted molar refractivity (Wildman–Crippen MR) is 105 cm³/mol. The Morgan fingerprint density at radius 3 is 2.70 bits per heavy atom. The number of nitrogens with zero attached hydrogens (tertiary/aromatic N) is 1. The lowest BCUT2D eigenvalue weighted by molar-refractivity contribution is -0.119. The minimum absolute atomic E-state index is 0.162. The smallest absolute Gasteiger partial charge is 0.238 e. The van der Waals surface area contributed by atoms with Gasteiger partial charge in [0.25, 0.3) is 0 Å². The number of amides is 2. The van der Waals surface area contributed by atoms with E-state index in [0.717, 1.165) is 11.0 Å². The zero-order valence-electron chi connectivity index (χ0n) is 15.3. The molecule has 0 spiro atoms. The number of carbonyl (C=O) groups excluding carboxylic acids is 2. The first-order valence-corrected chi connectivity index (χ1v) is 9.61. The van der Waals surface area contributed by atoms with Gasteiger partial charge in [-0.2, -0.15) is 0 Å². The molecule has 7 nitrogen and oxygen atoms in total. The molecule has 0 unspecified atom stereocenters. The van der Waals surface area contributed by atoms with Crippen LogP contribution in [0, 0.1) is 6.92 Å². The van der Waals surface area contributed by atoms with Crippen molar-refractivity contribution in [2.75, 3.05) is 11.1 Å². The minimum atomic E-state index is -0.408. The fourth-order valence-electron chi connectivity index (χ4n) is 2.50. The molecule has 0 saturated carbocycles. The van der Waals surface area contributed by atoms with E-state index in [9.17, 15) is 9.59 Å². The Balaban J connectivity index is 1.47. The van der Waals surface area contributed by atoms with Crippen LogP contribution in [0.4, 0.5) is 5.82 Å². The van der Waals surface area contributed by atoms with Gasteiger partial charge in [0.2, 0.25) is 11.8 Å². The monoisotopic (exact) mass is 387 g/mol. The van der Waals surface area contributed by atoms with E-state index in [1.54, 1.807) is 19.9 Å².